The minimum absolute atomic E-state index is 0.0499. The second-order valence-electron chi connectivity index (χ2n) is 4.92. The van der Waals surface area contributed by atoms with Gasteiger partial charge in [-0.2, -0.15) is 0 Å². The number of aryl methyl sites for hydroxylation is 1. The largest absolute Gasteiger partial charge is 0.475 e. The average molecular weight is 289 g/mol. The van der Waals surface area contributed by atoms with Crippen molar-refractivity contribution in [3.05, 3.63) is 59.0 Å². The predicted octanol–water partition coefficient (Wildman–Crippen LogP) is 2.28. The van der Waals surface area contributed by atoms with Gasteiger partial charge >= 0.3 is 5.97 Å². The second-order valence-corrected chi connectivity index (χ2v) is 4.92. The summed E-state index contributed by atoms with van der Waals surface area (Å²) in [6.45, 7) is 3.55. The molecule has 5 heteroatoms. The molecule has 1 heterocycles. The van der Waals surface area contributed by atoms with Crippen molar-refractivity contribution in [2.75, 3.05) is 13.2 Å². The molecule has 2 rings (SSSR count). The lowest BCUT2D eigenvalue weighted by atomic mass is 10.2. The van der Waals surface area contributed by atoms with Crippen LogP contribution < -0.4 is 0 Å². The summed E-state index contributed by atoms with van der Waals surface area (Å²) in [6, 6.07) is 11.5. The average Bonchev–Trinajstić information content (AvgIpc) is 2.82. The lowest BCUT2D eigenvalue weighted by Crippen LogP contribution is -2.26. The van der Waals surface area contributed by atoms with E-state index in [-0.39, 0.29) is 12.4 Å². The molecule has 0 unspecified atom stereocenters. The number of rotatable bonds is 7. The van der Waals surface area contributed by atoms with Gasteiger partial charge in [-0.15, -0.1) is 0 Å². The van der Waals surface area contributed by atoms with E-state index in [0.29, 0.717) is 25.4 Å². The number of hydrogen-bond acceptors (Lipinski definition) is 4. The van der Waals surface area contributed by atoms with Gasteiger partial charge in [-0.1, -0.05) is 30.3 Å². The number of aromatic carboxylic acids is 1. The van der Waals surface area contributed by atoms with Crippen LogP contribution in [0.2, 0.25) is 0 Å². The Hall–Kier alpha value is -2.11. The highest BCUT2D eigenvalue weighted by atomic mass is 16.4. The molecule has 1 aromatic carbocycles. The zero-order valence-electron chi connectivity index (χ0n) is 12.0. The van der Waals surface area contributed by atoms with Crippen LogP contribution in [0.25, 0.3) is 0 Å². The van der Waals surface area contributed by atoms with E-state index in [1.807, 2.05) is 30.3 Å². The van der Waals surface area contributed by atoms with Crippen LogP contribution in [0, 0.1) is 6.92 Å². The smallest absolute Gasteiger partial charge is 0.371 e. The maximum Gasteiger partial charge on any atom is 0.371 e. The van der Waals surface area contributed by atoms with E-state index in [1.54, 1.807) is 13.0 Å². The topological polar surface area (TPSA) is 73.9 Å². The molecule has 1 aromatic heterocycles. The summed E-state index contributed by atoms with van der Waals surface area (Å²) in [7, 11) is 0. The Balaban J connectivity index is 2.10. The van der Waals surface area contributed by atoms with E-state index in [9.17, 15) is 9.90 Å². The van der Waals surface area contributed by atoms with Crippen LogP contribution in [-0.2, 0) is 13.1 Å². The zero-order valence-corrected chi connectivity index (χ0v) is 12.0. The van der Waals surface area contributed by atoms with E-state index in [1.165, 1.54) is 0 Å². The number of carbonyl (C=O) groups is 1. The molecule has 112 valence electrons. The van der Waals surface area contributed by atoms with Gasteiger partial charge in [0.1, 0.15) is 5.76 Å². The van der Waals surface area contributed by atoms with Crippen molar-refractivity contribution in [2.45, 2.75) is 20.0 Å². The third-order valence-corrected chi connectivity index (χ3v) is 3.29. The summed E-state index contributed by atoms with van der Waals surface area (Å²) < 4.78 is 5.22. The fourth-order valence-corrected chi connectivity index (χ4v) is 2.22. The summed E-state index contributed by atoms with van der Waals surface area (Å²) >= 11 is 0. The van der Waals surface area contributed by atoms with Gasteiger partial charge < -0.3 is 14.6 Å². The molecule has 2 aromatic rings. The Bertz CT molecular complexity index is 592. The van der Waals surface area contributed by atoms with Crippen molar-refractivity contribution in [1.82, 2.24) is 4.90 Å². The molecule has 2 N–H and O–H groups in total. The van der Waals surface area contributed by atoms with Crippen molar-refractivity contribution in [3.63, 3.8) is 0 Å². The van der Waals surface area contributed by atoms with Gasteiger partial charge in [0.15, 0.2) is 0 Å². The van der Waals surface area contributed by atoms with Gasteiger partial charge in [-0.3, -0.25) is 4.90 Å². The summed E-state index contributed by atoms with van der Waals surface area (Å²) in [6.07, 6.45) is 0. The third kappa shape index (κ3) is 4.18. The number of nitrogens with zero attached hydrogens (tertiary/aromatic N) is 1. The van der Waals surface area contributed by atoms with Crippen molar-refractivity contribution in [1.29, 1.82) is 0 Å². The number of benzene rings is 1. The Morgan fingerprint density at radius 3 is 2.52 bits per heavy atom. The number of aliphatic hydroxyl groups is 1. The fraction of sp³-hybridized carbons (Fsp3) is 0.312. The number of hydrogen-bond donors (Lipinski definition) is 2. The van der Waals surface area contributed by atoms with Crippen molar-refractivity contribution >= 4 is 5.97 Å². The molecular formula is C16H19NO4. The summed E-state index contributed by atoms with van der Waals surface area (Å²) in [5.41, 5.74) is 1.97. The lowest BCUT2D eigenvalue weighted by molar-refractivity contribution is 0.0661. The first kappa shape index (κ1) is 15.3. The van der Waals surface area contributed by atoms with Crippen LogP contribution >= 0.6 is 0 Å². The summed E-state index contributed by atoms with van der Waals surface area (Å²) in [5, 5.41) is 18.1. The Morgan fingerprint density at radius 2 is 1.95 bits per heavy atom. The van der Waals surface area contributed by atoms with Crippen molar-refractivity contribution in [2.24, 2.45) is 0 Å². The van der Waals surface area contributed by atoms with Gasteiger partial charge in [-0.25, -0.2) is 4.79 Å². The fourth-order valence-electron chi connectivity index (χ4n) is 2.22. The van der Waals surface area contributed by atoms with E-state index in [2.05, 4.69) is 4.90 Å². The molecular weight excluding hydrogens is 270 g/mol. The Kier molecular flexibility index (Phi) is 5.14. The third-order valence-electron chi connectivity index (χ3n) is 3.29. The SMILES string of the molecule is Cc1oc(C(=O)O)cc1CN(CCO)Cc1ccccc1. The number of carboxylic acids is 1. The highest BCUT2D eigenvalue weighted by Gasteiger charge is 2.15. The van der Waals surface area contributed by atoms with Gasteiger partial charge in [0.05, 0.1) is 6.61 Å². The number of furan rings is 1. The molecule has 5 nitrogen and oxygen atoms in total. The molecule has 0 spiro atoms. The van der Waals surface area contributed by atoms with Crippen LogP contribution in [0.5, 0.6) is 0 Å². The lowest BCUT2D eigenvalue weighted by Gasteiger charge is -2.21. The highest BCUT2D eigenvalue weighted by Crippen LogP contribution is 2.18. The quantitative estimate of drug-likeness (QED) is 0.818. The van der Waals surface area contributed by atoms with Crippen LogP contribution in [0.3, 0.4) is 0 Å². The number of aliphatic hydroxyl groups excluding tert-OH is 1. The number of carboxylic acid groups (broad SMARTS) is 1. The Morgan fingerprint density at radius 1 is 1.24 bits per heavy atom. The molecule has 0 atom stereocenters. The molecule has 0 aliphatic carbocycles. The maximum atomic E-state index is 10.9. The highest BCUT2D eigenvalue weighted by molar-refractivity contribution is 5.84. The van der Waals surface area contributed by atoms with Crippen LogP contribution in [0.4, 0.5) is 0 Å². The van der Waals surface area contributed by atoms with Gasteiger partial charge in [0, 0.05) is 25.2 Å². The molecule has 0 aliphatic heterocycles. The molecule has 0 amide bonds. The zero-order chi connectivity index (χ0) is 15.2. The predicted molar refractivity (Wildman–Crippen MR) is 78.0 cm³/mol. The van der Waals surface area contributed by atoms with Crippen molar-refractivity contribution < 1.29 is 19.4 Å². The van der Waals surface area contributed by atoms with Gasteiger partial charge in [0.25, 0.3) is 0 Å². The van der Waals surface area contributed by atoms with E-state index < -0.39 is 5.97 Å². The molecule has 0 saturated heterocycles. The summed E-state index contributed by atoms with van der Waals surface area (Å²) in [5.74, 6) is -0.518. The molecule has 0 aliphatic rings. The van der Waals surface area contributed by atoms with Crippen LogP contribution in [-0.4, -0.2) is 34.2 Å². The minimum Gasteiger partial charge on any atom is -0.475 e. The molecule has 0 radical (unpaired) electrons. The van der Waals surface area contributed by atoms with E-state index in [0.717, 1.165) is 11.1 Å². The monoisotopic (exact) mass is 289 g/mol. The molecule has 0 bridgehead atoms. The first-order valence-corrected chi connectivity index (χ1v) is 6.80. The van der Waals surface area contributed by atoms with Crippen molar-refractivity contribution in [3.8, 4) is 0 Å². The molecule has 0 fully saturated rings. The summed E-state index contributed by atoms with van der Waals surface area (Å²) in [4.78, 5) is 13.0. The van der Waals surface area contributed by atoms with Gasteiger partial charge in [-0.05, 0) is 18.6 Å². The molecule has 21 heavy (non-hydrogen) atoms. The Labute approximate surface area is 123 Å². The maximum absolute atomic E-state index is 10.9. The normalized spacial score (nSPS) is 11.0. The van der Waals surface area contributed by atoms with Crippen LogP contribution in [0.1, 0.15) is 27.4 Å². The second kappa shape index (κ2) is 7.06. The minimum atomic E-state index is -1.07. The van der Waals surface area contributed by atoms with E-state index in [4.69, 9.17) is 9.52 Å². The van der Waals surface area contributed by atoms with E-state index >= 15 is 0 Å². The standard InChI is InChI=1S/C16H19NO4/c1-12-14(9-15(21-12)16(19)20)11-17(7-8-18)10-13-5-3-2-4-6-13/h2-6,9,18H,7-8,10-11H2,1H3,(H,19,20). The van der Waals surface area contributed by atoms with Crippen LogP contribution in [0.15, 0.2) is 40.8 Å². The molecule has 0 saturated carbocycles. The van der Waals surface area contributed by atoms with Gasteiger partial charge in [0.2, 0.25) is 5.76 Å². The first-order chi connectivity index (χ1) is 10.1. The first-order valence-electron chi connectivity index (χ1n) is 6.80.